The third-order valence-electron chi connectivity index (χ3n) is 3.75. The molecule has 2 N–H and O–H groups in total. The number of fused-ring (bicyclic) bond motifs is 1. The minimum Gasteiger partial charge on any atom is -0.404 e. The number of aryl methyl sites for hydroxylation is 2. The molecule has 160 valence electrons. The Hall–Kier alpha value is -3.00. The minimum absolute atomic E-state index is 0.122. The Morgan fingerprint density at radius 2 is 1.76 bits per heavy atom. The van der Waals surface area contributed by atoms with E-state index in [0.717, 1.165) is 4.57 Å². The molecule has 0 bridgehead atoms. The zero-order valence-corrected chi connectivity index (χ0v) is 14.6. The van der Waals surface area contributed by atoms with Crippen LogP contribution >= 0.6 is 0 Å². The second-order valence-electron chi connectivity index (χ2n) is 5.75. The van der Waals surface area contributed by atoms with Gasteiger partial charge in [0.25, 0.3) is 5.56 Å². The summed E-state index contributed by atoms with van der Waals surface area (Å²) in [6.07, 6.45) is -10.5. The van der Waals surface area contributed by atoms with Crippen molar-refractivity contribution in [2.75, 3.05) is 6.54 Å². The standard InChI is InChI=1S/C14H12F8N6O/c1-6-26-28-10(29)8(9(13(17,18)19)25-11(28)27(6)2)7(3-23)4-24-5-12(15,16)14(20,21)22/h3-4H,5,23H2,1-2H3/b7-3+,24-4?. The molecule has 2 aromatic rings. The number of nitrogens with zero attached hydrogens (tertiary/aromatic N) is 5. The van der Waals surface area contributed by atoms with Gasteiger partial charge >= 0.3 is 18.3 Å². The Bertz CT molecular complexity index is 1040. The summed E-state index contributed by atoms with van der Waals surface area (Å²) in [5, 5.41) is 3.72. The summed E-state index contributed by atoms with van der Waals surface area (Å²) < 4.78 is 104. The topological polar surface area (TPSA) is 90.6 Å². The molecule has 0 atom stereocenters. The first-order valence-corrected chi connectivity index (χ1v) is 7.52. The lowest BCUT2D eigenvalue weighted by Crippen LogP contribution is -2.39. The zero-order chi connectivity index (χ0) is 22.4. The summed E-state index contributed by atoms with van der Waals surface area (Å²) in [4.78, 5) is 18.7. The van der Waals surface area contributed by atoms with Gasteiger partial charge in [0, 0.05) is 25.0 Å². The fourth-order valence-corrected chi connectivity index (χ4v) is 2.17. The summed E-state index contributed by atoms with van der Waals surface area (Å²) in [7, 11) is 1.30. The average Bonchev–Trinajstić information content (AvgIpc) is 2.86. The smallest absolute Gasteiger partial charge is 0.404 e. The normalized spacial score (nSPS) is 14.3. The average molecular weight is 432 g/mol. The van der Waals surface area contributed by atoms with E-state index in [4.69, 9.17) is 5.73 Å². The third kappa shape index (κ3) is 4.07. The molecule has 15 heteroatoms. The summed E-state index contributed by atoms with van der Waals surface area (Å²) in [6.45, 7) is -0.740. The Kier molecular flexibility index (Phi) is 5.47. The maximum atomic E-state index is 13.4. The van der Waals surface area contributed by atoms with Crippen LogP contribution in [0.2, 0.25) is 0 Å². The van der Waals surface area contributed by atoms with Crippen LogP contribution in [-0.2, 0) is 13.2 Å². The predicted molar refractivity (Wildman–Crippen MR) is 84.5 cm³/mol. The van der Waals surface area contributed by atoms with Gasteiger partial charge in [-0.3, -0.25) is 9.79 Å². The van der Waals surface area contributed by atoms with Crippen LogP contribution in [0, 0.1) is 6.92 Å². The highest BCUT2D eigenvalue weighted by Gasteiger charge is 2.57. The monoisotopic (exact) mass is 432 g/mol. The molecule has 0 radical (unpaired) electrons. The maximum Gasteiger partial charge on any atom is 0.455 e. The first-order chi connectivity index (χ1) is 13.1. The number of aliphatic imine (C=N–C) groups is 1. The quantitative estimate of drug-likeness (QED) is 0.593. The molecule has 0 saturated heterocycles. The van der Waals surface area contributed by atoms with Crippen molar-refractivity contribution in [3.05, 3.63) is 33.6 Å². The number of allylic oxidation sites excluding steroid dienone is 1. The van der Waals surface area contributed by atoms with Crippen LogP contribution in [0.3, 0.4) is 0 Å². The van der Waals surface area contributed by atoms with E-state index in [2.05, 4.69) is 15.1 Å². The van der Waals surface area contributed by atoms with Crippen molar-refractivity contribution < 1.29 is 35.1 Å². The summed E-state index contributed by atoms with van der Waals surface area (Å²) >= 11 is 0. The maximum absolute atomic E-state index is 13.4. The first kappa shape index (κ1) is 22.3. The molecule has 0 aliphatic carbocycles. The van der Waals surface area contributed by atoms with Crippen molar-refractivity contribution in [1.82, 2.24) is 19.2 Å². The Morgan fingerprint density at radius 3 is 2.24 bits per heavy atom. The fraction of sp³-hybridized carbons (Fsp3) is 0.429. The Labute approximate surface area is 156 Å². The predicted octanol–water partition coefficient (Wildman–Crippen LogP) is 2.32. The largest absolute Gasteiger partial charge is 0.455 e. The van der Waals surface area contributed by atoms with Crippen molar-refractivity contribution >= 4 is 17.6 Å². The van der Waals surface area contributed by atoms with Gasteiger partial charge in [-0.25, -0.2) is 4.98 Å². The molecule has 0 spiro atoms. The van der Waals surface area contributed by atoms with Gasteiger partial charge in [0.15, 0.2) is 5.69 Å². The van der Waals surface area contributed by atoms with Gasteiger partial charge in [-0.2, -0.15) is 39.6 Å². The van der Waals surface area contributed by atoms with Crippen LogP contribution in [0.4, 0.5) is 35.1 Å². The molecule has 29 heavy (non-hydrogen) atoms. The summed E-state index contributed by atoms with van der Waals surface area (Å²) in [5.41, 5.74) is 0.0235. The molecule has 0 aliphatic rings. The molecular formula is C14H12F8N6O. The van der Waals surface area contributed by atoms with Crippen molar-refractivity contribution in [2.24, 2.45) is 17.8 Å². The number of aromatic nitrogens is 4. The number of nitrogens with two attached hydrogens (primary N) is 1. The van der Waals surface area contributed by atoms with Crippen molar-refractivity contribution in [3.8, 4) is 0 Å². The molecule has 2 rings (SSSR count). The zero-order valence-electron chi connectivity index (χ0n) is 14.6. The molecule has 7 nitrogen and oxygen atoms in total. The van der Waals surface area contributed by atoms with E-state index in [1.165, 1.54) is 14.0 Å². The van der Waals surface area contributed by atoms with E-state index < -0.39 is 53.0 Å². The van der Waals surface area contributed by atoms with Crippen LogP contribution < -0.4 is 11.3 Å². The lowest BCUT2D eigenvalue weighted by molar-refractivity contribution is -0.276. The van der Waals surface area contributed by atoms with E-state index in [1.54, 1.807) is 0 Å². The van der Waals surface area contributed by atoms with Gasteiger partial charge in [-0.05, 0) is 6.92 Å². The number of hydrogen-bond donors (Lipinski definition) is 1. The van der Waals surface area contributed by atoms with Gasteiger partial charge in [-0.1, -0.05) is 0 Å². The number of halogens is 8. The second-order valence-corrected chi connectivity index (χ2v) is 5.75. The van der Waals surface area contributed by atoms with Gasteiger partial charge in [0.2, 0.25) is 5.78 Å². The van der Waals surface area contributed by atoms with Crippen molar-refractivity contribution in [3.63, 3.8) is 0 Å². The highest BCUT2D eigenvalue weighted by molar-refractivity contribution is 6.10. The third-order valence-corrected chi connectivity index (χ3v) is 3.75. The summed E-state index contributed by atoms with van der Waals surface area (Å²) in [6, 6.07) is 0. The van der Waals surface area contributed by atoms with Gasteiger partial charge < -0.3 is 10.3 Å². The van der Waals surface area contributed by atoms with Crippen LogP contribution in [0.15, 0.2) is 16.0 Å². The lowest BCUT2D eigenvalue weighted by atomic mass is 10.1. The SMILES string of the molecule is Cc1nn2c(=O)c(/C(C=NCC(F)(F)C(F)(F)F)=C/N)c(C(F)(F)F)nc2n1C. The minimum atomic E-state index is -5.92. The van der Waals surface area contributed by atoms with E-state index in [0.29, 0.717) is 10.7 Å². The molecule has 2 aromatic heterocycles. The van der Waals surface area contributed by atoms with Crippen molar-refractivity contribution in [1.29, 1.82) is 0 Å². The molecule has 0 fully saturated rings. The van der Waals surface area contributed by atoms with Gasteiger partial charge in [0.1, 0.15) is 12.4 Å². The molecule has 0 aromatic carbocycles. The van der Waals surface area contributed by atoms with E-state index in [9.17, 15) is 39.9 Å². The van der Waals surface area contributed by atoms with E-state index in [1.807, 2.05) is 0 Å². The Morgan fingerprint density at radius 1 is 1.17 bits per heavy atom. The summed E-state index contributed by atoms with van der Waals surface area (Å²) in [5.74, 6) is -5.58. The van der Waals surface area contributed by atoms with Gasteiger partial charge in [-0.15, -0.1) is 5.10 Å². The van der Waals surface area contributed by atoms with Crippen LogP contribution in [0.25, 0.3) is 11.4 Å². The van der Waals surface area contributed by atoms with Crippen LogP contribution in [0.1, 0.15) is 17.1 Å². The molecular weight excluding hydrogens is 420 g/mol. The molecule has 0 aliphatic heterocycles. The van der Waals surface area contributed by atoms with Gasteiger partial charge in [0.05, 0.1) is 5.56 Å². The second kappa shape index (κ2) is 7.11. The first-order valence-electron chi connectivity index (χ1n) is 7.52. The number of hydrogen-bond acceptors (Lipinski definition) is 5. The number of alkyl halides is 8. The molecule has 0 amide bonds. The highest BCUT2D eigenvalue weighted by atomic mass is 19.4. The Balaban J connectivity index is 2.65. The molecule has 2 heterocycles. The van der Waals surface area contributed by atoms with E-state index >= 15 is 0 Å². The highest BCUT2D eigenvalue weighted by Crippen LogP contribution is 2.36. The molecule has 0 unspecified atom stereocenters. The molecule has 0 saturated carbocycles. The number of rotatable bonds is 4. The van der Waals surface area contributed by atoms with Crippen molar-refractivity contribution in [2.45, 2.75) is 25.2 Å². The fourth-order valence-electron chi connectivity index (χ4n) is 2.17. The van der Waals surface area contributed by atoms with Crippen LogP contribution in [-0.4, -0.2) is 44.0 Å². The lowest BCUT2D eigenvalue weighted by Gasteiger charge is -2.17. The van der Waals surface area contributed by atoms with Crippen LogP contribution in [0.5, 0.6) is 0 Å². The van der Waals surface area contributed by atoms with E-state index in [-0.39, 0.29) is 12.0 Å².